The van der Waals surface area contributed by atoms with Gasteiger partial charge >= 0.3 is 0 Å². The molecule has 0 saturated heterocycles. The molecule has 0 aliphatic rings. The molecule has 0 N–H and O–H groups in total. The van der Waals surface area contributed by atoms with Gasteiger partial charge in [-0.2, -0.15) is 0 Å². The van der Waals surface area contributed by atoms with E-state index >= 15 is 0 Å². The van der Waals surface area contributed by atoms with Crippen molar-refractivity contribution in [3.05, 3.63) is 280 Å². The van der Waals surface area contributed by atoms with Gasteiger partial charge in [0.25, 0.3) is 0 Å². The van der Waals surface area contributed by atoms with Crippen LogP contribution in [0.5, 0.6) is 0 Å². The van der Waals surface area contributed by atoms with Crippen molar-refractivity contribution in [2.45, 2.75) is 167 Å². The van der Waals surface area contributed by atoms with Gasteiger partial charge in [0.05, 0.1) is 11.0 Å². The van der Waals surface area contributed by atoms with Crippen LogP contribution in [-0.4, -0.2) is 9.97 Å². The van der Waals surface area contributed by atoms with Gasteiger partial charge < -0.3 is 0 Å². The van der Waals surface area contributed by atoms with Crippen molar-refractivity contribution in [1.82, 2.24) is 9.97 Å². The molecule has 0 amide bonds. The molecular weight excluding hydrogens is 1130 g/mol. The number of aryl methyl sites for hydroxylation is 23. The molecule has 0 unspecified atom stereocenters. The Morgan fingerprint density at radius 1 is 0.191 bits per heavy atom. The summed E-state index contributed by atoms with van der Waals surface area (Å²) in [5.41, 5.74) is 33.4. The van der Waals surface area contributed by atoms with Crippen LogP contribution in [-0.2, 0) is 0 Å². The summed E-state index contributed by atoms with van der Waals surface area (Å²) in [5.74, 6) is 0. The SMILES string of the molecule is C.Cc1cc(C)c2c(C)c3cc(C)cc(C)c3c(C)c2c1.Cc1cc(C)c2c(C)c3cc(C)cc(C)c3c(C)c2c1.Cc1ccc2c(C)c3cc(C)ccc3c(C)c2c1.Cc1ccc2c(C)c3cc(C)ccc3c(C)c2c1.Cc1cnc2c(c1)c(C)c(C)c1cccnc12. The van der Waals surface area contributed by atoms with Crippen LogP contribution in [0.25, 0.3) is 108 Å². The van der Waals surface area contributed by atoms with Crippen LogP contribution in [0.1, 0.15) is 135 Å². The van der Waals surface area contributed by atoms with Crippen molar-refractivity contribution < 1.29 is 0 Å². The molecule has 0 aliphatic carbocycles. The first-order chi connectivity index (χ1) is 44.1. The Balaban J connectivity index is 0.000000128. The zero-order valence-electron chi connectivity index (χ0n) is 59.8. The summed E-state index contributed by atoms with van der Waals surface area (Å²) in [7, 11) is 0. The molecule has 0 spiro atoms. The van der Waals surface area contributed by atoms with Gasteiger partial charge in [-0.25, -0.2) is 0 Å². The van der Waals surface area contributed by atoms with Crippen molar-refractivity contribution in [2.75, 3.05) is 0 Å². The lowest BCUT2D eigenvalue weighted by molar-refractivity contribution is 1.30. The molecule has 13 aromatic carbocycles. The summed E-state index contributed by atoms with van der Waals surface area (Å²) < 4.78 is 0. The molecule has 0 fully saturated rings. The quantitative estimate of drug-likeness (QED) is 0.112. The van der Waals surface area contributed by atoms with E-state index in [1.807, 2.05) is 18.5 Å². The van der Waals surface area contributed by atoms with E-state index in [0.29, 0.717) is 0 Å². The lowest BCUT2D eigenvalue weighted by Crippen LogP contribution is -1.94. The number of benzene rings is 13. The Morgan fingerprint density at radius 3 is 0.745 bits per heavy atom. The number of hydrogen-bond donors (Lipinski definition) is 0. The van der Waals surface area contributed by atoms with Gasteiger partial charge in [0, 0.05) is 23.2 Å². The van der Waals surface area contributed by atoms with Crippen LogP contribution in [0.2, 0.25) is 0 Å². The standard InChI is InChI=1S/2C20H22.2C18H18.C15H14N2.CH4/c2*1-11-7-13(3)19-16(6)18-10-12(2)8-14(4)20(18)15(5)17(19)9-11;2*1-11-5-7-15-14(4)18-10-12(2)6-8-16(18)13(3)17(15)9-11;1-9-7-13-11(3)10(2)12-5-4-6-16-14(12)15(13)17-8-9;/h2*7-10H,1-6H3;2*5-10H,1-4H3;4-8H,1-3H3;1H4. The summed E-state index contributed by atoms with van der Waals surface area (Å²) in [6.07, 6.45) is 3.74. The van der Waals surface area contributed by atoms with Crippen LogP contribution in [0.3, 0.4) is 0 Å². The minimum absolute atomic E-state index is 0. The molecule has 476 valence electrons. The van der Waals surface area contributed by atoms with Crippen molar-refractivity contribution in [3.8, 4) is 0 Å². The third kappa shape index (κ3) is 12.5. The maximum atomic E-state index is 4.55. The van der Waals surface area contributed by atoms with E-state index in [0.717, 1.165) is 11.0 Å². The summed E-state index contributed by atoms with van der Waals surface area (Å²) in [6, 6.07) is 51.9. The second kappa shape index (κ2) is 26.6. The fraction of sp³-hybridized carbons (Fsp3) is 0.261. The second-order valence-electron chi connectivity index (χ2n) is 27.8. The van der Waals surface area contributed by atoms with Crippen LogP contribution < -0.4 is 0 Å². The maximum Gasteiger partial charge on any atom is 0.0967 e. The minimum atomic E-state index is 0. The van der Waals surface area contributed by atoms with Gasteiger partial charge in [-0.1, -0.05) is 179 Å². The molecule has 2 heteroatoms. The van der Waals surface area contributed by atoms with Crippen molar-refractivity contribution in [2.24, 2.45) is 0 Å². The van der Waals surface area contributed by atoms with Crippen molar-refractivity contribution in [3.63, 3.8) is 0 Å². The summed E-state index contributed by atoms with van der Waals surface area (Å²) in [4.78, 5) is 9.03. The molecule has 0 atom stereocenters. The number of rotatable bonds is 0. The molecule has 2 heterocycles. The first-order valence-electron chi connectivity index (χ1n) is 33.4. The highest BCUT2D eigenvalue weighted by Crippen LogP contribution is 2.40. The van der Waals surface area contributed by atoms with Gasteiger partial charge in [-0.05, 0) is 341 Å². The normalized spacial score (nSPS) is 11.3. The summed E-state index contributed by atoms with van der Waals surface area (Å²) >= 11 is 0. The third-order valence-electron chi connectivity index (χ3n) is 20.4. The Kier molecular flexibility index (Phi) is 19.2. The lowest BCUT2D eigenvalue weighted by atomic mass is 9.87. The van der Waals surface area contributed by atoms with Crippen LogP contribution >= 0.6 is 0 Å². The van der Waals surface area contributed by atoms with E-state index in [1.165, 1.54) is 225 Å². The maximum absolute atomic E-state index is 4.55. The molecular formula is C92H98N2. The fourth-order valence-corrected chi connectivity index (χ4v) is 15.7. The summed E-state index contributed by atoms with van der Waals surface area (Å²) in [5, 5.41) is 24.9. The number of nitrogens with zero attached hydrogens (tertiary/aromatic N) is 2. The minimum Gasteiger partial charge on any atom is -0.254 e. The largest absolute Gasteiger partial charge is 0.254 e. The number of pyridine rings is 2. The van der Waals surface area contributed by atoms with Gasteiger partial charge in [0.2, 0.25) is 0 Å². The molecule has 94 heavy (non-hydrogen) atoms. The number of aromatic nitrogens is 2. The third-order valence-corrected chi connectivity index (χ3v) is 20.4. The molecule has 0 bridgehead atoms. The summed E-state index contributed by atoms with van der Waals surface area (Å²) in [6.45, 7) is 50.7. The van der Waals surface area contributed by atoms with Crippen LogP contribution in [0.15, 0.2) is 152 Å². The highest BCUT2D eigenvalue weighted by atomic mass is 14.7. The molecule has 2 aromatic heterocycles. The zero-order chi connectivity index (χ0) is 66.9. The topological polar surface area (TPSA) is 25.8 Å². The predicted molar refractivity (Wildman–Crippen MR) is 419 cm³/mol. The van der Waals surface area contributed by atoms with E-state index in [1.54, 1.807) is 0 Å². The number of fused-ring (bicyclic) bond motifs is 11. The smallest absolute Gasteiger partial charge is 0.0967 e. The first kappa shape index (κ1) is 67.6. The molecule has 15 aromatic rings. The predicted octanol–water partition coefficient (Wildman–Crippen LogP) is 26.5. The van der Waals surface area contributed by atoms with E-state index < -0.39 is 0 Å². The van der Waals surface area contributed by atoms with E-state index in [2.05, 4.69) is 303 Å². The van der Waals surface area contributed by atoms with E-state index in [9.17, 15) is 0 Å². The molecule has 0 aliphatic heterocycles. The molecule has 15 rings (SSSR count). The van der Waals surface area contributed by atoms with Crippen molar-refractivity contribution >= 4 is 108 Å². The Bertz CT molecular complexity index is 5010. The van der Waals surface area contributed by atoms with Gasteiger partial charge in [-0.3, -0.25) is 9.97 Å². The first-order valence-corrected chi connectivity index (χ1v) is 33.4. The van der Waals surface area contributed by atoms with Gasteiger partial charge in [0.15, 0.2) is 0 Å². The Hall–Kier alpha value is -9.24. The van der Waals surface area contributed by atoms with Gasteiger partial charge in [0.1, 0.15) is 0 Å². The number of hydrogen-bond acceptors (Lipinski definition) is 2. The monoisotopic (exact) mass is 1230 g/mol. The van der Waals surface area contributed by atoms with Crippen molar-refractivity contribution in [1.29, 1.82) is 0 Å². The molecule has 0 saturated carbocycles. The molecule has 0 radical (unpaired) electrons. The average Bonchev–Trinajstić information content (AvgIpc) is 0.761. The highest BCUT2D eigenvalue weighted by molar-refractivity contribution is 6.11. The highest BCUT2D eigenvalue weighted by Gasteiger charge is 2.17. The van der Waals surface area contributed by atoms with E-state index in [4.69, 9.17) is 0 Å². The van der Waals surface area contributed by atoms with Crippen LogP contribution in [0.4, 0.5) is 0 Å². The second-order valence-corrected chi connectivity index (χ2v) is 27.8. The van der Waals surface area contributed by atoms with Gasteiger partial charge in [-0.15, -0.1) is 0 Å². The zero-order valence-corrected chi connectivity index (χ0v) is 59.8. The Labute approximate surface area is 561 Å². The van der Waals surface area contributed by atoms with E-state index in [-0.39, 0.29) is 7.43 Å². The average molecular weight is 1230 g/mol. The van der Waals surface area contributed by atoms with Crippen LogP contribution in [0, 0.1) is 159 Å². The fourth-order valence-electron chi connectivity index (χ4n) is 15.7. The molecule has 2 nitrogen and oxygen atoms in total. The Morgan fingerprint density at radius 2 is 0.447 bits per heavy atom. The lowest BCUT2D eigenvalue weighted by Gasteiger charge is -2.17.